The molecule has 1 N–H and O–H groups in total. The highest BCUT2D eigenvalue weighted by atomic mass is 16.5. The van der Waals surface area contributed by atoms with E-state index in [9.17, 15) is 0 Å². The van der Waals surface area contributed by atoms with Crippen molar-refractivity contribution in [3.63, 3.8) is 0 Å². The highest BCUT2D eigenvalue weighted by Crippen LogP contribution is 2.34. The lowest BCUT2D eigenvalue weighted by Crippen LogP contribution is -2.07. The summed E-state index contributed by atoms with van der Waals surface area (Å²) in [7, 11) is 4.08. The van der Waals surface area contributed by atoms with Crippen molar-refractivity contribution in [3.05, 3.63) is 54.2 Å². The predicted molar refractivity (Wildman–Crippen MR) is 101 cm³/mol. The van der Waals surface area contributed by atoms with Gasteiger partial charge in [0, 0.05) is 54.3 Å². The van der Waals surface area contributed by atoms with E-state index in [0.29, 0.717) is 0 Å². The monoisotopic (exact) mass is 332 g/mol. The molecule has 0 radical (unpaired) electrons. The zero-order valence-electron chi connectivity index (χ0n) is 14.8. The maximum absolute atomic E-state index is 5.33. The van der Waals surface area contributed by atoms with Crippen molar-refractivity contribution < 1.29 is 4.52 Å². The molecule has 0 amide bonds. The molecule has 3 aromatic heterocycles. The van der Waals surface area contributed by atoms with E-state index in [1.54, 1.807) is 0 Å². The van der Waals surface area contributed by atoms with Crippen LogP contribution in [0.1, 0.15) is 11.5 Å². The van der Waals surface area contributed by atoms with E-state index in [2.05, 4.69) is 50.4 Å². The Morgan fingerprint density at radius 3 is 2.44 bits per heavy atom. The molecular weight excluding hydrogens is 312 g/mol. The predicted octanol–water partition coefficient (Wildman–Crippen LogP) is 4.57. The fraction of sp³-hybridized carbons (Fsp3) is 0.200. The number of nitrogens with zero attached hydrogens (tertiary/aromatic N) is 3. The van der Waals surface area contributed by atoms with Gasteiger partial charge in [-0.15, -0.1) is 0 Å². The number of hydrogen-bond acceptors (Lipinski definition) is 4. The number of benzene rings is 1. The van der Waals surface area contributed by atoms with Gasteiger partial charge in [0.1, 0.15) is 11.4 Å². The summed E-state index contributed by atoms with van der Waals surface area (Å²) in [5.41, 5.74) is 7.27. The second-order valence-electron chi connectivity index (χ2n) is 6.46. The Morgan fingerprint density at radius 2 is 1.80 bits per heavy atom. The van der Waals surface area contributed by atoms with Crippen LogP contribution in [0.2, 0.25) is 0 Å². The molecule has 5 heteroatoms. The van der Waals surface area contributed by atoms with Gasteiger partial charge in [-0.05, 0) is 37.6 Å². The Bertz CT molecular complexity index is 1020. The molecule has 0 unspecified atom stereocenters. The summed E-state index contributed by atoms with van der Waals surface area (Å²) in [6, 6.07) is 10.7. The third kappa shape index (κ3) is 2.58. The average Bonchev–Trinajstić information content (AvgIpc) is 3.17. The first-order chi connectivity index (χ1) is 12.0. The van der Waals surface area contributed by atoms with Crippen LogP contribution in [0.3, 0.4) is 0 Å². The van der Waals surface area contributed by atoms with Crippen molar-refractivity contribution in [1.29, 1.82) is 0 Å². The van der Waals surface area contributed by atoms with Crippen LogP contribution in [0.4, 0.5) is 5.69 Å². The van der Waals surface area contributed by atoms with E-state index in [4.69, 9.17) is 4.52 Å². The first-order valence-corrected chi connectivity index (χ1v) is 8.22. The Morgan fingerprint density at radius 1 is 1.04 bits per heavy atom. The van der Waals surface area contributed by atoms with Crippen LogP contribution < -0.4 is 4.90 Å². The maximum Gasteiger partial charge on any atom is 0.141 e. The number of pyridine rings is 1. The number of rotatable bonds is 3. The molecular formula is C20H20N4O. The summed E-state index contributed by atoms with van der Waals surface area (Å²) in [6.07, 6.45) is 3.88. The van der Waals surface area contributed by atoms with E-state index < -0.39 is 0 Å². The molecule has 0 saturated heterocycles. The third-order valence-corrected chi connectivity index (χ3v) is 4.55. The number of H-pyrrole nitrogens is 1. The van der Waals surface area contributed by atoms with Crippen molar-refractivity contribution >= 4 is 16.7 Å². The van der Waals surface area contributed by atoms with Gasteiger partial charge in [0.15, 0.2) is 0 Å². The summed E-state index contributed by atoms with van der Waals surface area (Å²) >= 11 is 0. The van der Waals surface area contributed by atoms with E-state index in [-0.39, 0.29) is 0 Å². The van der Waals surface area contributed by atoms with Crippen molar-refractivity contribution in [1.82, 2.24) is 15.1 Å². The second-order valence-corrected chi connectivity index (χ2v) is 6.46. The molecule has 4 rings (SSSR count). The topological polar surface area (TPSA) is 58.0 Å². The number of anilines is 1. The minimum absolute atomic E-state index is 0.819. The smallest absolute Gasteiger partial charge is 0.141 e. The van der Waals surface area contributed by atoms with Crippen LogP contribution >= 0.6 is 0 Å². The summed E-state index contributed by atoms with van der Waals surface area (Å²) in [6.45, 7) is 3.90. The van der Waals surface area contributed by atoms with Crippen molar-refractivity contribution in [2.75, 3.05) is 19.0 Å². The normalized spacial score (nSPS) is 11.2. The van der Waals surface area contributed by atoms with Crippen LogP contribution in [0.5, 0.6) is 0 Å². The molecule has 0 saturated carbocycles. The summed E-state index contributed by atoms with van der Waals surface area (Å²) in [5.74, 6) is 0.819. The molecule has 0 bridgehead atoms. The van der Waals surface area contributed by atoms with Crippen LogP contribution in [-0.4, -0.2) is 29.2 Å². The van der Waals surface area contributed by atoms with Gasteiger partial charge in [0.05, 0.1) is 5.69 Å². The third-order valence-electron chi connectivity index (χ3n) is 4.55. The molecule has 0 aliphatic carbocycles. The standard InChI is InChI=1S/C20H20N4O/c1-12-19(13(2)25-23-12)18-11-22-20-17(18)9-15(10-21-20)14-5-7-16(8-6-14)24(3)4/h5-11H,1-4H3,(H,21,22). The number of aryl methyl sites for hydroxylation is 2. The Hall–Kier alpha value is -3.08. The van der Waals surface area contributed by atoms with E-state index in [1.165, 1.54) is 5.69 Å². The van der Waals surface area contributed by atoms with Crippen LogP contribution in [0.15, 0.2) is 47.2 Å². The Kier molecular flexibility index (Phi) is 3.57. The molecule has 0 fully saturated rings. The van der Waals surface area contributed by atoms with Gasteiger partial charge in [-0.25, -0.2) is 4.98 Å². The quantitative estimate of drug-likeness (QED) is 0.597. The van der Waals surface area contributed by atoms with E-state index >= 15 is 0 Å². The fourth-order valence-corrected chi connectivity index (χ4v) is 3.19. The van der Waals surface area contributed by atoms with Crippen LogP contribution in [0, 0.1) is 13.8 Å². The fourth-order valence-electron chi connectivity index (χ4n) is 3.19. The number of aromatic nitrogens is 3. The maximum atomic E-state index is 5.33. The van der Waals surface area contributed by atoms with Crippen molar-refractivity contribution in [3.8, 4) is 22.3 Å². The minimum atomic E-state index is 0.819. The molecule has 0 spiro atoms. The highest BCUT2D eigenvalue weighted by Gasteiger charge is 2.16. The minimum Gasteiger partial charge on any atom is -0.378 e. The van der Waals surface area contributed by atoms with Crippen LogP contribution in [0.25, 0.3) is 33.3 Å². The van der Waals surface area contributed by atoms with Gasteiger partial charge < -0.3 is 14.4 Å². The molecule has 5 nitrogen and oxygen atoms in total. The number of hydrogen-bond donors (Lipinski definition) is 1. The van der Waals surface area contributed by atoms with Gasteiger partial charge in [-0.2, -0.15) is 0 Å². The van der Waals surface area contributed by atoms with Crippen LogP contribution in [-0.2, 0) is 0 Å². The Balaban J connectivity index is 1.84. The van der Waals surface area contributed by atoms with Crippen molar-refractivity contribution in [2.24, 2.45) is 0 Å². The van der Waals surface area contributed by atoms with Gasteiger partial charge >= 0.3 is 0 Å². The zero-order chi connectivity index (χ0) is 17.6. The molecule has 126 valence electrons. The van der Waals surface area contributed by atoms with Gasteiger partial charge in [0.25, 0.3) is 0 Å². The number of fused-ring (bicyclic) bond motifs is 1. The van der Waals surface area contributed by atoms with Crippen molar-refractivity contribution in [2.45, 2.75) is 13.8 Å². The zero-order valence-corrected chi connectivity index (χ0v) is 14.8. The average molecular weight is 332 g/mol. The SMILES string of the molecule is Cc1noc(C)c1-c1c[nH]c2ncc(-c3ccc(N(C)C)cc3)cc12. The van der Waals surface area contributed by atoms with E-state index in [0.717, 1.165) is 44.7 Å². The largest absolute Gasteiger partial charge is 0.378 e. The molecule has 4 aromatic rings. The molecule has 1 aromatic carbocycles. The summed E-state index contributed by atoms with van der Waals surface area (Å²) < 4.78 is 5.33. The first kappa shape index (κ1) is 15.4. The number of aromatic amines is 1. The Labute approximate surface area is 146 Å². The molecule has 0 aliphatic heterocycles. The summed E-state index contributed by atoms with van der Waals surface area (Å²) in [4.78, 5) is 9.92. The molecule has 0 atom stereocenters. The van der Waals surface area contributed by atoms with Gasteiger partial charge in [0.2, 0.25) is 0 Å². The highest BCUT2D eigenvalue weighted by molar-refractivity contribution is 5.96. The molecule has 25 heavy (non-hydrogen) atoms. The van der Waals surface area contributed by atoms with Gasteiger partial charge in [-0.1, -0.05) is 17.3 Å². The van der Waals surface area contributed by atoms with E-state index in [1.807, 2.05) is 40.3 Å². The number of nitrogens with one attached hydrogen (secondary N) is 1. The molecule has 0 aliphatic rings. The lowest BCUT2D eigenvalue weighted by Gasteiger charge is -2.12. The first-order valence-electron chi connectivity index (χ1n) is 8.22. The summed E-state index contributed by atoms with van der Waals surface area (Å²) in [5, 5.41) is 5.14. The van der Waals surface area contributed by atoms with Gasteiger partial charge in [-0.3, -0.25) is 0 Å². The lowest BCUT2D eigenvalue weighted by atomic mass is 10.0. The lowest BCUT2D eigenvalue weighted by molar-refractivity contribution is 0.393. The second kappa shape index (κ2) is 5.77. The molecule has 3 heterocycles.